The zero-order chi connectivity index (χ0) is 21.9. The topological polar surface area (TPSA) is 58.6 Å². The number of carbonyl (C=O) groups excluding carboxylic acids is 2. The molecular formula is C24H31BrN2O3. The molecule has 162 valence electrons. The predicted molar refractivity (Wildman–Crippen MR) is 123 cm³/mol. The third-order valence-electron chi connectivity index (χ3n) is 4.73. The molecule has 2 aromatic carbocycles. The summed E-state index contributed by atoms with van der Waals surface area (Å²) >= 11 is 3.39. The number of carbonyl (C=O) groups is 2. The van der Waals surface area contributed by atoms with Crippen LogP contribution < -0.4 is 10.1 Å². The van der Waals surface area contributed by atoms with Gasteiger partial charge < -0.3 is 15.0 Å². The lowest BCUT2D eigenvalue weighted by molar-refractivity contribution is -0.142. The summed E-state index contributed by atoms with van der Waals surface area (Å²) in [5.41, 5.74) is 1.13. The van der Waals surface area contributed by atoms with Crippen molar-refractivity contribution in [2.24, 2.45) is 5.92 Å². The summed E-state index contributed by atoms with van der Waals surface area (Å²) in [4.78, 5) is 27.5. The van der Waals surface area contributed by atoms with Crippen LogP contribution in [0.1, 0.15) is 32.8 Å². The van der Waals surface area contributed by atoms with E-state index in [2.05, 4.69) is 21.2 Å². The highest BCUT2D eigenvalue weighted by Crippen LogP contribution is 2.17. The Morgan fingerprint density at radius 2 is 1.73 bits per heavy atom. The van der Waals surface area contributed by atoms with Crippen molar-refractivity contribution in [1.82, 2.24) is 10.2 Å². The van der Waals surface area contributed by atoms with E-state index in [4.69, 9.17) is 4.74 Å². The molecule has 0 aromatic heterocycles. The van der Waals surface area contributed by atoms with Gasteiger partial charge in [0.15, 0.2) is 6.61 Å². The second-order valence-corrected chi connectivity index (χ2v) is 8.54. The van der Waals surface area contributed by atoms with Crippen molar-refractivity contribution < 1.29 is 14.3 Å². The average Bonchev–Trinajstić information content (AvgIpc) is 2.75. The first-order valence-electron chi connectivity index (χ1n) is 10.4. The van der Waals surface area contributed by atoms with Gasteiger partial charge in [-0.1, -0.05) is 67.0 Å². The second-order valence-electron chi connectivity index (χ2n) is 7.63. The molecule has 0 radical (unpaired) electrons. The van der Waals surface area contributed by atoms with Gasteiger partial charge in [0, 0.05) is 17.6 Å². The maximum atomic E-state index is 13.1. The fourth-order valence-electron chi connectivity index (χ4n) is 3.08. The predicted octanol–water partition coefficient (Wildman–Crippen LogP) is 4.45. The Bertz CT molecular complexity index is 794. The molecule has 2 rings (SSSR count). The van der Waals surface area contributed by atoms with Crippen LogP contribution in [-0.2, 0) is 16.0 Å². The molecule has 2 amide bonds. The lowest BCUT2D eigenvalue weighted by atomic mass is 10.1. The fraction of sp³-hybridized carbons (Fsp3) is 0.417. The third kappa shape index (κ3) is 7.82. The van der Waals surface area contributed by atoms with E-state index < -0.39 is 6.04 Å². The van der Waals surface area contributed by atoms with Gasteiger partial charge in [0.05, 0.1) is 0 Å². The molecule has 30 heavy (non-hydrogen) atoms. The van der Waals surface area contributed by atoms with Gasteiger partial charge in [-0.2, -0.15) is 0 Å². The molecule has 2 aromatic rings. The molecule has 6 heteroatoms. The number of rotatable bonds is 11. The number of benzene rings is 2. The molecule has 0 saturated carbocycles. The van der Waals surface area contributed by atoms with Crippen molar-refractivity contribution in [2.45, 2.75) is 39.7 Å². The van der Waals surface area contributed by atoms with Crippen molar-refractivity contribution in [3.63, 3.8) is 0 Å². The summed E-state index contributed by atoms with van der Waals surface area (Å²) in [7, 11) is 0. The minimum absolute atomic E-state index is 0.107. The number of hydrogen-bond acceptors (Lipinski definition) is 3. The summed E-state index contributed by atoms with van der Waals surface area (Å²) in [5.74, 6) is 0.657. The van der Waals surface area contributed by atoms with Crippen LogP contribution in [0.15, 0.2) is 59.1 Å². The number of halogens is 1. The first kappa shape index (κ1) is 23.9. The summed E-state index contributed by atoms with van der Waals surface area (Å²) in [6.45, 7) is 6.96. The van der Waals surface area contributed by atoms with Gasteiger partial charge in [0.2, 0.25) is 5.91 Å². The van der Waals surface area contributed by atoms with Crippen LogP contribution in [0.3, 0.4) is 0 Å². The van der Waals surface area contributed by atoms with E-state index in [1.807, 2.05) is 63.2 Å². The standard InChI is InChI=1S/C24H31BrN2O3/c1-4-22(24(29)26-16-18(2)3)27(15-14-19-8-6-5-7-9-19)23(28)17-30-21-12-10-20(25)11-13-21/h5-13,18,22H,4,14-17H2,1-3H3,(H,26,29)/t22-/m1/s1. The number of hydrogen-bond donors (Lipinski definition) is 1. The summed E-state index contributed by atoms with van der Waals surface area (Å²) in [6.07, 6.45) is 1.22. The maximum Gasteiger partial charge on any atom is 0.261 e. The third-order valence-corrected chi connectivity index (χ3v) is 5.26. The van der Waals surface area contributed by atoms with Crippen LogP contribution in [-0.4, -0.2) is 42.5 Å². The van der Waals surface area contributed by atoms with Crippen LogP contribution in [0.4, 0.5) is 0 Å². The first-order chi connectivity index (χ1) is 14.4. The van der Waals surface area contributed by atoms with Crippen molar-refractivity contribution in [3.05, 3.63) is 64.6 Å². The maximum absolute atomic E-state index is 13.1. The molecule has 5 nitrogen and oxygen atoms in total. The molecule has 0 aliphatic carbocycles. The minimum Gasteiger partial charge on any atom is -0.484 e. The van der Waals surface area contributed by atoms with Crippen LogP contribution >= 0.6 is 15.9 Å². The van der Waals surface area contributed by atoms with Gasteiger partial charge in [-0.15, -0.1) is 0 Å². The molecule has 0 aliphatic heterocycles. The average molecular weight is 475 g/mol. The van der Waals surface area contributed by atoms with Gasteiger partial charge in [0.1, 0.15) is 11.8 Å². The Kier molecular flexibility index (Phi) is 9.87. The van der Waals surface area contributed by atoms with E-state index in [0.29, 0.717) is 37.6 Å². The molecule has 0 heterocycles. The SMILES string of the molecule is CC[C@H](C(=O)NCC(C)C)N(CCc1ccccc1)C(=O)COc1ccc(Br)cc1. The zero-order valence-corrected chi connectivity index (χ0v) is 19.5. The molecule has 0 bridgehead atoms. The Hall–Kier alpha value is -2.34. The lowest BCUT2D eigenvalue weighted by Crippen LogP contribution is -2.51. The fourth-order valence-corrected chi connectivity index (χ4v) is 3.34. The molecule has 0 spiro atoms. The molecule has 0 fully saturated rings. The van der Waals surface area contributed by atoms with Gasteiger partial charge in [-0.3, -0.25) is 9.59 Å². The van der Waals surface area contributed by atoms with Gasteiger partial charge in [0.25, 0.3) is 5.91 Å². The van der Waals surface area contributed by atoms with E-state index in [1.165, 1.54) is 0 Å². The highest BCUT2D eigenvalue weighted by atomic mass is 79.9. The largest absolute Gasteiger partial charge is 0.484 e. The minimum atomic E-state index is -0.520. The first-order valence-corrected chi connectivity index (χ1v) is 11.2. The second kappa shape index (κ2) is 12.4. The molecular weight excluding hydrogens is 444 g/mol. The van der Waals surface area contributed by atoms with Gasteiger partial charge >= 0.3 is 0 Å². The Balaban J connectivity index is 2.09. The monoisotopic (exact) mass is 474 g/mol. The normalized spacial score (nSPS) is 11.8. The Labute approximate surface area is 187 Å². The highest BCUT2D eigenvalue weighted by Gasteiger charge is 2.28. The molecule has 1 N–H and O–H groups in total. The van der Waals surface area contributed by atoms with Crippen LogP contribution in [0.25, 0.3) is 0 Å². The smallest absolute Gasteiger partial charge is 0.261 e. The van der Waals surface area contributed by atoms with E-state index in [-0.39, 0.29) is 18.4 Å². The Morgan fingerprint density at radius 3 is 2.33 bits per heavy atom. The molecule has 0 aliphatic rings. The molecule has 1 atom stereocenters. The number of nitrogens with zero attached hydrogens (tertiary/aromatic N) is 1. The van der Waals surface area contributed by atoms with Gasteiger partial charge in [-0.05, 0) is 48.6 Å². The van der Waals surface area contributed by atoms with Crippen molar-refractivity contribution in [1.29, 1.82) is 0 Å². The van der Waals surface area contributed by atoms with Gasteiger partial charge in [-0.25, -0.2) is 0 Å². The lowest BCUT2D eigenvalue weighted by Gasteiger charge is -2.30. The number of ether oxygens (including phenoxy) is 1. The number of amides is 2. The van der Waals surface area contributed by atoms with E-state index >= 15 is 0 Å². The van der Waals surface area contributed by atoms with E-state index in [1.54, 1.807) is 17.0 Å². The van der Waals surface area contributed by atoms with Crippen molar-refractivity contribution in [2.75, 3.05) is 19.7 Å². The van der Waals surface area contributed by atoms with Crippen LogP contribution in [0.5, 0.6) is 5.75 Å². The quantitative estimate of drug-likeness (QED) is 0.523. The number of nitrogens with one attached hydrogen (secondary N) is 1. The summed E-state index contributed by atoms with van der Waals surface area (Å²) < 4.78 is 6.63. The summed E-state index contributed by atoms with van der Waals surface area (Å²) in [5, 5.41) is 2.97. The van der Waals surface area contributed by atoms with E-state index in [9.17, 15) is 9.59 Å². The van der Waals surface area contributed by atoms with Crippen LogP contribution in [0, 0.1) is 5.92 Å². The molecule has 0 saturated heterocycles. The Morgan fingerprint density at radius 1 is 1.07 bits per heavy atom. The molecule has 0 unspecified atom stereocenters. The van der Waals surface area contributed by atoms with Crippen molar-refractivity contribution >= 4 is 27.7 Å². The highest BCUT2D eigenvalue weighted by molar-refractivity contribution is 9.10. The van der Waals surface area contributed by atoms with Crippen LogP contribution in [0.2, 0.25) is 0 Å². The van der Waals surface area contributed by atoms with Crippen molar-refractivity contribution in [3.8, 4) is 5.75 Å². The zero-order valence-electron chi connectivity index (χ0n) is 17.9. The van der Waals surface area contributed by atoms with E-state index in [0.717, 1.165) is 10.0 Å². The summed E-state index contributed by atoms with van der Waals surface area (Å²) in [6, 6.07) is 16.8.